The third-order valence-electron chi connectivity index (χ3n) is 3.82. The highest BCUT2D eigenvalue weighted by Crippen LogP contribution is 2.36. The van der Waals surface area contributed by atoms with E-state index in [1.807, 2.05) is 12.1 Å². The van der Waals surface area contributed by atoms with E-state index in [9.17, 15) is 4.79 Å². The summed E-state index contributed by atoms with van der Waals surface area (Å²) < 4.78 is 1.38. The molecule has 1 aliphatic rings. The number of nitrogens with one attached hydrogen (secondary N) is 1. The summed E-state index contributed by atoms with van der Waals surface area (Å²) in [5.74, 6) is 0.936. The van der Waals surface area contributed by atoms with Crippen molar-refractivity contribution in [3.63, 3.8) is 0 Å². The summed E-state index contributed by atoms with van der Waals surface area (Å²) in [6.45, 7) is 0. The molecule has 1 fully saturated rings. The molecular formula is C15H13Br2ClN2O. The maximum absolute atomic E-state index is 12.2. The van der Waals surface area contributed by atoms with Crippen LogP contribution in [0.15, 0.2) is 31.9 Å². The van der Waals surface area contributed by atoms with E-state index in [2.05, 4.69) is 41.8 Å². The van der Waals surface area contributed by atoms with Gasteiger partial charge in [-0.05, 0) is 56.8 Å². The fourth-order valence-electron chi connectivity index (χ4n) is 2.73. The highest BCUT2D eigenvalue weighted by molar-refractivity contribution is 9.10. The standard InChI is InChI=1S/C15H13Br2ClN2O/c16-10-6-5-9(7-11(10)18)14-19-13(8-3-1-2-4-8)12(17)15(21)20-14/h5-8H,1-4H2,(H,19,20,21). The molecule has 6 heteroatoms. The molecule has 1 saturated carbocycles. The number of hydrogen-bond acceptors (Lipinski definition) is 2. The minimum Gasteiger partial charge on any atom is -0.306 e. The molecule has 1 aliphatic carbocycles. The molecule has 3 nitrogen and oxygen atoms in total. The minimum absolute atomic E-state index is 0.138. The number of aromatic nitrogens is 2. The molecule has 2 aromatic rings. The summed E-state index contributed by atoms with van der Waals surface area (Å²) in [7, 11) is 0. The van der Waals surface area contributed by atoms with Crippen LogP contribution >= 0.6 is 43.5 Å². The van der Waals surface area contributed by atoms with Gasteiger partial charge in [0.25, 0.3) is 5.56 Å². The van der Waals surface area contributed by atoms with Crippen LogP contribution in [0, 0.1) is 0 Å². The molecule has 21 heavy (non-hydrogen) atoms. The number of benzene rings is 1. The molecule has 0 spiro atoms. The Morgan fingerprint density at radius 3 is 2.62 bits per heavy atom. The lowest BCUT2D eigenvalue weighted by Gasteiger charge is -2.12. The Morgan fingerprint density at radius 2 is 1.95 bits per heavy atom. The highest BCUT2D eigenvalue weighted by atomic mass is 79.9. The molecule has 110 valence electrons. The number of aromatic amines is 1. The van der Waals surface area contributed by atoms with Crippen molar-refractivity contribution in [2.45, 2.75) is 31.6 Å². The first kappa shape index (κ1) is 15.3. The van der Waals surface area contributed by atoms with Crippen molar-refractivity contribution in [1.82, 2.24) is 9.97 Å². The summed E-state index contributed by atoms with van der Waals surface area (Å²) in [5, 5.41) is 0.598. The van der Waals surface area contributed by atoms with Crippen LogP contribution in [0.25, 0.3) is 11.4 Å². The fourth-order valence-corrected chi connectivity index (χ4v) is 3.66. The molecule has 3 rings (SSSR count). The predicted octanol–water partition coefficient (Wildman–Crippen LogP) is 5.27. The largest absolute Gasteiger partial charge is 0.306 e. The van der Waals surface area contributed by atoms with E-state index in [0.29, 0.717) is 21.2 Å². The predicted molar refractivity (Wildman–Crippen MR) is 91.9 cm³/mol. The number of H-pyrrole nitrogens is 1. The molecule has 1 aromatic carbocycles. The number of rotatable bonds is 2. The zero-order valence-corrected chi connectivity index (χ0v) is 15.1. The van der Waals surface area contributed by atoms with E-state index in [-0.39, 0.29) is 5.56 Å². The summed E-state index contributed by atoms with van der Waals surface area (Å²) >= 11 is 12.9. The minimum atomic E-state index is -0.138. The van der Waals surface area contributed by atoms with Gasteiger partial charge in [0, 0.05) is 16.0 Å². The second-order valence-electron chi connectivity index (χ2n) is 5.22. The lowest BCUT2D eigenvalue weighted by Crippen LogP contribution is -2.15. The topological polar surface area (TPSA) is 45.8 Å². The van der Waals surface area contributed by atoms with Gasteiger partial charge in [-0.25, -0.2) is 4.98 Å². The van der Waals surface area contributed by atoms with Gasteiger partial charge < -0.3 is 4.98 Å². The van der Waals surface area contributed by atoms with Crippen molar-refractivity contribution in [2.75, 3.05) is 0 Å². The van der Waals surface area contributed by atoms with Gasteiger partial charge in [-0.2, -0.15) is 0 Å². The molecular weight excluding hydrogens is 419 g/mol. The molecule has 0 atom stereocenters. The molecule has 1 N–H and O–H groups in total. The smallest absolute Gasteiger partial charge is 0.265 e. The van der Waals surface area contributed by atoms with Crippen molar-refractivity contribution >= 4 is 43.5 Å². The van der Waals surface area contributed by atoms with Crippen LogP contribution in [0.4, 0.5) is 0 Å². The lowest BCUT2D eigenvalue weighted by atomic mass is 10.0. The van der Waals surface area contributed by atoms with E-state index in [0.717, 1.165) is 28.6 Å². The first-order valence-electron chi connectivity index (χ1n) is 6.81. The molecule has 1 heterocycles. The Kier molecular flexibility index (Phi) is 4.52. The average Bonchev–Trinajstić information content (AvgIpc) is 2.98. The Hall–Kier alpha value is -0.650. The van der Waals surface area contributed by atoms with E-state index < -0.39 is 0 Å². The first-order valence-corrected chi connectivity index (χ1v) is 8.78. The third-order valence-corrected chi connectivity index (χ3v) is 5.82. The lowest BCUT2D eigenvalue weighted by molar-refractivity contribution is 0.688. The Balaban J connectivity index is 2.10. The molecule has 1 aromatic heterocycles. The van der Waals surface area contributed by atoms with Crippen LogP contribution in [0.5, 0.6) is 0 Å². The van der Waals surface area contributed by atoms with Crippen molar-refractivity contribution in [2.24, 2.45) is 0 Å². The van der Waals surface area contributed by atoms with Gasteiger partial charge in [0.15, 0.2) is 0 Å². The summed E-state index contributed by atoms with van der Waals surface area (Å²) in [4.78, 5) is 19.7. The van der Waals surface area contributed by atoms with Crippen LogP contribution in [-0.2, 0) is 0 Å². The summed E-state index contributed by atoms with van der Waals surface area (Å²) in [6.07, 6.45) is 4.58. The second kappa shape index (κ2) is 6.23. The normalized spacial score (nSPS) is 15.6. The fraction of sp³-hybridized carbons (Fsp3) is 0.333. The molecule has 0 unspecified atom stereocenters. The maximum Gasteiger partial charge on any atom is 0.265 e. The van der Waals surface area contributed by atoms with Crippen molar-refractivity contribution < 1.29 is 0 Å². The SMILES string of the molecule is O=c1[nH]c(-c2ccc(Br)c(Cl)c2)nc(C2CCCC2)c1Br. The van der Waals surface area contributed by atoms with Crippen molar-refractivity contribution in [3.05, 3.63) is 48.2 Å². The van der Waals surface area contributed by atoms with Gasteiger partial charge in [-0.3, -0.25) is 4.79 Å². The van der Waals surface area contributed by atoms with Gasteiger partial charge in [0.2, 0.25) is 0 Å². The van der Waals surface area contributed by atoms with E-state index in [1.54, 1.807) is 6.07 Å². The van der Waals surface area contributed by atoms with Crippen LogP contribution in [0.3, 0.4) is 0 Å². The van der Waals surface area contributed by atoms with Crippen LogP contribution in [-0.4, -0.2) is 9.97 Å². The van der Waals surface area contributed by atoms with Gasteiger partial charge in [0.1, 0.15) is 10.3 Å². The number of halogens is 3. The van der Waals surface area contributed by atoms with Gasteiger partial charge >= 0.3 is 0 Å². The second-order valence-corrected chi connectivity index (χ2v) is 7.28. The third kappa shape index (κ3) is 3.10. The zero-order chi connectivity index (χ0) is 15.0. The van der Waals surface area contributed by atoms with Crippen molar-refractivity contribution in [3.8, 4) is 11.4 Å². The Labute approximate surface area is 144 Å². The summed E-state index contributed by atoms with van der Waals surface area (Å²) in [6, 6.07) is 5.55. The van der Waals surface area contributed by atoms with Gasteiger partial charge in [-0.1, -0.05) is 30.5 Å². The Morgan fingerprint density at radius 1 is 1.24 bits per heavy atom. The maximum atomic E-state index is 12.2. The average molecular weight is 433 g/mol. The van der Waals surface area contributed by atoms with E-state index >= 15 is 0 Å². The molecule has 0 bridgehead atoms. The zero-order valence-electron chi connectivity index (χ0n) is 11.1. The summed E-state index contributed by atoms with van der Waals surface area (Å²) in [5.41, 5.74) is 1.54. The van der Waals surface area contributed by atoms with Gasteiger partial charge in [0.05, 0.1) is 10.7 Å². The van der Waals surface area contributed by atoms with Crippen LogP contribution in [0.2, 0.25) is 5.02 Å². The van der Waals surface area contributed by atoms with Crippen LogP contribution in [0.1, 0.15) is 37.3 Å². The molecule has 0 radical (unpaired) electrons. The highest BCUT2D eigenvalue weighted by Gasteiger charge is 2.23. The Bertz CT molecular complexity index is 739. The van der Waals surface area contributed by atoms with Gasteiger partial charge in [-0.15, -0.1) is 0 Å². The number of hydrogen-bond donors (Lipinski definition) is 1. The molecule has 0 aliphatic heterocycles. The number of nitrogens with zero attached hydrogens (tertiary/aromatic N) is 1. The van der Waals surface area contributed by atoms with Crippen molar-refractivity contribution in [1.29, 1.82) is 0 Å². The van der Waals surface area contributed by atoms with Crippen LogP contribution < -0.4 is 5.56 Å². The molecule has 0 amide bonds. The van der Waals surface area contributed by atoms with E-state index in [1.165, 1.54) is 12.8 Å². The molecule has 0 saturated heterocycles. The van der Waals surface area contributed by atoms with E-state index in [4.69, 9.17) is 11.6 Å². The monoisotopic (exact) mass is 430 g/mol. The quantitative estimate of drug-likeness (QED) is 0.702. The first-order chi connectivity index (χ1) is 10.1.